The molecule has 1 N–H and O–H groups in total. The standard InChI is InChI=1S/C30H35N3O4S/c1-20-6-9-27(25(16-20)26-19-38-30(31-26)33-14-10-22(11-15-33)29(35)36)37-18-24-8-7-23(17-21(24)2)28(34)32-12-4-3-5-13-32/h6-9,16-17,19,22H,3-5,10-15,18H2,1-2H3,(H,35,36). The molecule has 3 aromatic rings. The predicted octanol–water partition coefficient (Wildman–Crippen LogP) is 5.93. The normalized spacial score (nSPS) is 16.5. The van der Waals surface area contributed by atoms with Crippen molar-refractivity contribution in [1.29, 1.82) is 0 Å². The van der Waals surface area contributed by atoms with E-state index in [2.05, 4.69) is 17.9 Å². The number of hydrogen-bond acceptors (Lipinski definition) is 6. The van der Waals surface area contributed by atoms with Gasteiger partial charge in [0.15, 0.2) is 5.13 Å². The maximum atomic E-state index is 12.9. The van der Waals surface area contributed by atoms with Crippen LogP contribution < -0.4 is 9.64 Å². The largest absolute Gasteiger partial charge is 0.488 e. The molecule has 0 aliphatic carbocycles. The van der Waals surface area contributed by atoms with E-state index in [-0.39, 0.29) is 11.8 Å². The number of thiazole rings is 1. The first-order chi connectivity index (χ1) is 18.4. The number of benzene rings is 2. The molecular weight excluding hydrogens is 498 g/mol. The van der Waals surface area contributed by atoms with Crippen molar-refractivity contribution >= 4 is 28.3 Å². The number of amides is 1. The third-order valence-electron chi connectivity index (χ3n) is 7.63. The Kier molecular flexibility index (Phi) is 7.98. The molecule has 0 unspecified atom stereocenters. The van der Waals surface area contributed by atoms with Gasteiger partial charge in [0, 0.05) is 42.7 Å². The molecule has 0 saturated carbocycles. The summed E-state index contributed by atoms with van der Waals surface area (Å²) in [6.45, 7) is 7.59. The molecule has 0 bridgehead atoms. The second-order valence-electron chi connectivity index (χ2n) is 10.4. The van der Waals surface area contributed by atoms with Crippen LogP contribution in [0.5, 0.6) is 5.75 Å². The Bertz CT molecular complexity index is 1310. The number of rotatable bonds is 7. The lowest BCUT2D eigenvalue weighted by Crippen LogP contribution is -2.36. The van der Waals surface area contributed by atoms with Crippen molar-refractivity contribution in [3.63, 3.8) is 0 Å². The second-order valence-corrected chi connectivity index (χ2v) is 11.2. The Morgan fingerprint density at radius 1 is 1.03 bits per heavy atom. The SMILES string of the molecule is Cc1ccc(OCc2ccc(C(=O)N3CCCCC3)cc2C)c(-c2csc(N3CCC(C(=O)O)CC3)n2)c1. The number of ether oxygens (including phenoxy) is 1. The number of carboxylic acids is 1. The van der Waals surface area contributed by atoms with Crippen molar-refractivity contribution in [1.82, 2.24) is 9.88 Å². The van der Waals surface area contributed by atoms with Gasteiger partial charge in [-0.15, -0.1) is 11.3 Å². The van der Waals surface area contributed by atoms with Crippen LogP contribution in [-0.2, 0) is 11.4 Å². The fraction of sp³-hybridized carbons (Fsp3) is 0.433. The molecule has 0 spiro atoms. The molecule has 2 saturated heterocycles. The van der Waals surface area contributed by atoms with Crippen LogP contribution in [-0.4, -0.2) is 53.0 Å². The maximum Gasteiger partial charge on any atom is 0.306 e. The summed E-state index contributed by atoms with van der Waals surface area (Å²) in [6, 6.07) is 12.0. The van der Waals surface area contributed by atoms with Crippen molar-refractivity contribution in [2.24, 2.45) is 5.92 Å². The highest BCUT2D eigenvalue weighted by Crippen LogP contribution is 2.36. The van der Waals surface area contributed by atoms with Crippen LogP contribution in [0.2, 0.25) is 0 Å². The Balaban J connectivity index is 1.28. The van der Waals surface area contributed by atoms with Crippen LogP contribution in [0.25, 0.3) is 11.3 Å². The van der Waals surface area contributed by atoms with Crippen molar-refractivity contribution in [3.05, 3.63) is 64.0 Å². The number of nitrogens with zero attached hydrogens (tertiary/aromatic N) is 3. The predicted molar refractivity (Wildman–Crippen MR) is 150 cm³/mol. The lowest BCUT2D eigenvalue weighted by molar-refractivity contribution is -0.142. The fourth-order valence-corrected chi connectivity index (χ4v) is 6.13. The first-order valence-corrected chi connectivity index (χ1v) is 14.3. The molecule has 8 heteroatoms. The summed E-state index contributed by atoms with van der Waals surface area (Å²) >= 11 is 1.58. The van der Waals surface area contributed by atoms with Gasteiger partial charge in [-0.25, -0.2) is 4.98 Å². The van der Waals surface area contributed by atoms with E-state index in [1.165, 1.54) is 6.42 Å². The minimum atomic E-state index is -0.704. The molecule has 2 aliphatic heterocycles. The lowest BCUT2D eigenvalue weighted by Gasteiger charge is -2.29. The monoisotopic (exact) mass is 533 g/mol. The molecule has 1 aromatic heterocycles. The van der Waals surface area contributed by atoms with Crippen LogP contribution in [0, 0.1) is 19.8 Å². The van der Waals surface area contributed by atoms with E-state index in [0.717, 1.165) is 70.3 Å². The quantitative estimate of drug-likeness (QED) is 0.405. The summed E-state index contributed by atoms with van der Waals surface area (Å²) in [5, 5.41) is 12.2. The molecular formula is C30H35N3O4S. The minimum absolute atomic E-state index is 0.118. The number of carbonyl (C=O) groups excluding carboxylic acids is 1. The van der Waals surface area contributed by atoms with Crippen LogP contribution in [0.15, 0.2) is 41.8 Å². The topological polar surface area (TPSA) is 83.0 Å². The Morgan fingerprint density at radius 3 is 2.50 bits per heavy atom. The molecule has 2 aliphatic rings. The van der Waals surface area contributed by atoms with E-state index < -0.39 is 5.97 Å². The van der Waals surface area contributed by atoms with Gasteiger partial charge < -0.3 is 19.6 Å². The molecule has 5 rings (SSSR count). The molecule has 2 aromatic carbocycles. The van der Waals surface area contributed by atoms with Crippen LogP contribution in [0.3, 0.4) is 0 Å². The highest BCUT2D eigenvalue weighted by molar-refractivity contribution is 7.14. The smallest absolute Gasteiger partial charge is 0.306 e. The Labute approximate surface area is 228 Å². The van der Waals surface area contributed by atoms with E-state index in [1.807, 2.05) is 47.5 Å². The highest BCUT2D eigenvalue weighted by atomic mass is 32.1. The van der Waals surface area contributed by atoms with Crippen molar-refractivity contribution in [3.8, 4) is 17.0 Å². The zero-order valence-corrected chi connectivity index (χ0v) is 22.9. The first-order valence-electron chi connectivity index (χ1n) is 13.4. The van der Waals surface area contributed by atoms with Gasteiger partial charge in [0.05, 0.1) is 11.6 Å². The summed E-state index contributed by atoms with van der Waals surface area (Å²) in [6.07, 6.45) is 4.65. The van der Waals surface area contributed by atoms with Crippen LogP contribution >= 0.6 is 11.3 Å². The maximum absolute atomic E-state index is 12.9. The molecule has 0 atom stereocenters. The molecule has 1 amide bonds. The minimum Gasteiger partial charge on any atom is -0.488 e. The lowest BCUT2D eigenvalue weighted by atomic mass is 9.97. The van der Waals surface area contributed by atoms with Gasteiger partial charge in [0.1, 0.15) is 12.4 Å². The summed E-state index contributed by atoms with van der Waals surface area (Å²) in [5.41, 5.74) is 5.77. The van der Waals surface area contributed by atoms with Gasteiger partial charge in [-0.05, 0) is 81.3 Å². The number of aryl methyl sites for hydroxylation is 2. The molecule has 2 fully saturated rings. The fourth-order valence-electron chi connectivity index (χ4n) is 5.25. The number of piperidine rings is 2. The van der Waals surface area contributed by atoms with Crippen molar-refractivity contribution in [2.75, 3.05) is 31.1 Å². The second kappa shape index (κ2) is 11.6. The van der Waals surface area contributed by atoms with Crippen molar-refractivity contribution in [2.45, 2.75) is 52.6 Å². The van der Waals surface area contributed by atoms with Crippen LogP contribution in [0.4, 0.5) is 5.13 Å². The number of anilines is 1. The van der Waals surface area contributed by atoms with E-state index in [0.29, 0.717) is 32.5 Å². The van der Waals surface area contributed by atoms with E-state index in [1.54, 1.807) is 11.3 Å². The van der Waals surface area contributed by atoms with Crippen LogP contribution in [0.1, 0.15) is 59.2 Å². The Morgan fingerprint density at radius 2 is 1.79 bits per heavy atom. The molecule has 3 heterocycles. The summed E-state index contributed by atoms with van der Waals surface area (Å²) in [7, 11) is 0. The zero-order valence-electron chi connectivity index (χ0n) is 22.1. The van der Waals surface area contributed by atoms with E-state index in [9.17, 15) is 14.7 Å². The average Bonchev–Trinajstić information content (AvgIpc) is 3.43. The summed E-state index contributed by atoms with van der Waals surface area (Å²) in [4.78, 5) is 33.2. The Hall–Kier alpha value is -3.39. The summed E-state index contributed by atoms with van der Waals surface area (Å²) in [5.74, 6) is -0.0788. The average molecular weight is 534 g/mol. The zero-order chi connectivity index (χ0) is 26.6. The first kappa shape index (κ1) is 26.2. The number of hydrogen-bond donors (Lipinski definition) is 1. The number of aliphatic carboxylic acids is 1. The van der Waals surface area contributed by atoms with Gasteiger partial charge in [-0.2, -0.15) is 0 Å². The van der Waals surface area contributed by atoms with Gasteiger partial charge >= 0.3 is 5.97 Å². The summed E-state index contributed by atoms with van der Waals surface area (Å²) < 4.78 is 6.32. The van der Waals surface area contributed by atoms with Gasteiger partial charge in [0.25, 0.3) is 5.91 Å². The highest BCUT2D eigenvalue weighted by Gasteiger charge is 2.26. The third kappa shape index (κ3) is 5.85. The van der Waals surface area contributed by atoms with Gasteiger partial charge in [0.2, 0.25) is 0 Å². The molecule has 38 heavy (non-hydrogen) atoms. The number of carbonyl (C=O) groups is 2. The molecule has 0 radical (unpaired) electrons. The van der Waals surface area contributed by atoms with Gasteiger partial charge in [-0.3, -0.25) is 9.59 Å². The van der Waals surface area contributed by atoms with E-state index in [4.69, 9.17) is 9.72 Å². The number of aromatic nitrogens is 1. The van der Waals surface area contributed by atoms with E-state index >= 15 is 0 Å². The number of likely N-dealkylation sites (tertiary alicyclic amines) is 1. The molecule has 200 valence electrons. The van der Waals surface area contributed by atoms with Gasteiger partial charge in [-0.1, -0.05) is 17.7 Å². The van der Waals surface area contributed by atoms with Crippen molar-refractivity contribution < 1.29 is 19.4 Å². The molecule has 7 nitrogen and oxygen atoms in total. The number of carboxylic acid groups (broad SMARTS) is 1. The third-order valence-corrected chi connectivity index (χ3v) is 8.54.